The number of rotatable bonds is 2. The van der Waals surface area contributed by atoms with Gasteiger partial charge >= 0.3 is 0 Å². The fourth-order valence-corrected chi connectivity index (χ4v) is 1.64. The van der Waals surface area contributed by atoms with Crippen LogP contribution in [0.15, 0.2) is 36.7 Å². The van der Waals surface area contributed by atoms with Crippen molar-refractivity contribution in [1.29, 1.82) is 0 Å². The van der Waals surface area contributed by atoms with Gasteiger partial charge in [-0.3, -0.25) is 4.79 Å². The summed E-state index contributed by atoms with van der Waals surface area (Å²) >= 11 is 0. The van der Waals surface area contributed by atoms with Gasteiger partial charge in [0, 0.05) is 11.3 Å². The molecule has 0 aliphatic rings. The Kier molecular flexibility index (Phi) is 4.43. The molecule has 5 nitrogen and oxygen atoms in total. The maximum Gasteiger partial charge on any atom is 0.257 e. The number of hydrogen-bond donors (Lipinski definition) is 2. The number of anilines is 1. The van der Waals surface area contributed by atoms with Crippen LogP contribution in [-0.4, -0.2) is 27.8 Å². The van der Waals surface area contributed by atoms with Gasteiger partial charge in [-0.15, -0.1) is 0 Å². The van der Waals surface area contributed by atoms with Crippen molar-refractivity contribution in [1.82, 2.24) is 10.2 Å². The number of aromatic nitrogens is 2. The summed E-state index contributed by atoms with van der Waals surface area (Å²) in [5, 5.41) is 18.7. The monoisotopic (exact) mass is 267 g/mol. The quantitative estimate of drug-likeness (QED) is 0.806. The van der Waals surface area contributed by atoms with Gasteiger partial charge in [-0.2, -0.15) is 10.2 Å². The molecule has 1 aromatic carbocycles. The summed E-state index contributed by atoms with van der Waals surface area (Å²) in [5.74, 6) is 5.20. The van der Waals surface area contributed by atoms with Crippen LogP contribution in [0.1, 0.15) is 21.5 Å². The Morgan fingerprint density at radius 3 is 2.85 bits per heavy atom. The number of carbonyl (C=O) groups excluding carboxylic acids is 1. The fraction of sp³-hybridized carbons (Fsp3) is 0.133. The highest BCUT2D eigenvalue weighted by atomic mass is 16.2. The van der Waals surface area contributed by atoms with E-state index in [9.17, 15) is 4.79 Å². The SMILES string of the molecule is Cc1cc(NC(=O)c2ccnnc2)ccc1C#CCO. The second-order valence-electron chi connectivity index (χ2n) is 4.07. The molecular weight excluding hydrogens is 254 g/mol. The number of nitrogens with one attached hydrogen (secondary N) is 1. The third-order valence-corrected chi connectivity index (χ3v) is 2.63. The third kappa shape index (κ3) is 3.40. The molecule has 20 heavy (non-hydrogen) atoms. The van der Waals surface area contributed by atoms with Gasteiger partial charge in [-0.1, -0.05) is 11.8 Å². The summed E-state index contributed by atoms with van der Waals surface area (Å²) in [6.45, 7) is 1.72. The third-order valence-electron chi connectivity index (χ3n) is 2.63. The fourth-order valence-electron chi connectivity index (χ4n) is 1.64. The lowest BCUT2D eigenvalue weighted by Crippen LogP contribution is -2.12. The first-order valence-electron chi connectivity index (χ1n) is 5.99. The molecule has 0 saturated heterocycles. The average Bonchev–Trinajstić information content (AvgIpc) is 2.47. The van der Waals surface area contributed by atoms with E-state index in [0.29, 0.717) is 11.3 Å². The number of benzene rings is 1. The molecule has 0 bridgehead atoms. The molecule has 100 valence electrons. The average molecular weight is 267 g/mol. The number of aliphatic hydroxyl groups excluding tert-OH is 1. The van der Waals surface area contributed by atoms with Gasteiger partial charge in [0.25, 0.3) is 5.91 Å². The van der Waals surface area contributed by atoms with Crippen molar-refractivity contribution in [2.24, 2.45) is 0 Å². The van der Waals surface area contributed by atoms with E-state index in [1.54, 1.807) is 18.2 Å². The topological polar surface area (TPSA) is 75.1 Å². The first-order chi connectivity index (χ1) is 9.70. The van der Waals surface area contributed by atoms with Crippen LogP contribution >= 0.6 is 0 Å². The molecule has 2 N–H and O–H groups in total. The summed E-state index contributed by atoms with van der Waals surface area (Å²) in [6.07, 6.45) is 2.87. The summed E-state index contributed by atoms with van der Waals surface area (Å²) < 4.78 is 0. The van der Waals surface area contributed by atoms with Gasteiger partial charge in [0.1, 0.15) is 6.61 Å². The Hall–Kier alpha value is -2.71. The first-order valence-corrected chi connectivity index (χ1v) is 5.99. The van der Waals surface area contributed by atoms with Crippen LogP contribution in [0.2, 0.25) is 0 Å². The number of amides is 1. The molecule has 2 rings (SSSR count). The van der Waals surface area contributed by atoms with Crippen LogP contribution in [-0.2, 0) is 0 Å². The Morgan fingerprint density at radius 1 is 1.35 bits per heavy atom. The number of hydrogen-bond acceptors (Lipinski definition) is 4. The minimum absolute atomic E-state index is 0.174. The molecule has 2 aromatic rings. The van der Waals surface area contributed by atoms with Gasteiger partial charge in [0.05, 0.1) is 18.0 Å². The van der Waals surface area contributed by atoms with Gasteiger partial charge in [-0.25, -0.2) is 0 Å². The number of nitrogens with zero attached hydrogens (tertiary/aromatic N) is 2. The van der Waals surface area contributed by atoms with Crippen LogP contribution in [0, 0.1) is 18.8 Å². The molecule has 0 unspecified atom stereocenters. The Balaban J connectivity index is 2.15. The summed E-state index contributed by atoms with van der Waals surface area (Å²) in [5.41, 5.74) is 2.87. The van der Waals surface area contributed by atoms with E-state index in [1.165, 1.54) is 12.4 Å². The molecule has 0 spiro atoms. The number of aryl methyl sites for hydroxylation is 1. The Bertz CT molecular complexity index is 673. The lowest BCUT2D eigenvalue weighted by Gasteiger charge is -2.06. The summed E-state index contributed by atoms with van der Waals surface area (Å²) in [7, 11) is 0. The van der Waals surface area contributed by atoms with Crippen LogP contribution < -0.4 is 5.32 Å². The van der Waals surface area contributed by atoms with E-state index < -0.39 is 0 Å². The molecule has 0 radical (unpaired) electrons. The lowest BCUT2D eigenvalue weighted by atomic mass is 10.1. The predicted molar refractivity (Wildman–Crippen MR) is 75.1 cm³/mol. The van der Waals surface area contributed by atoms with Crippen molar-refractivity contribution < 1.29 is 9.90 Å². The van der Waals surface area contributed by atoms with E-state index >= 15 is 0 Å². The number of aliphatic hydroxyl groups is 1. The van der Waals surface area contributed by atoms with Crippen LogP contribution in [0.3, 0.4) is 0 Å². The van der Waals surface area contributed by atoms with E-state index in [1.807, 2.05) is 13.0 Å². The van der Waals surface area contributed by atoms with Gasteiger partial charge < -0.3 is 10.4 Å². The first kappa shape index (κ1) is 13.7. The van der Waals surface area contributed by atoms with Crippen molar-refractivity contribution in [3.8, 4) is 11.8 Å². The predicted octanol–water partition coefficient (Wildman–Crippen LogP) is 1.38. The highest BCUT2D eigenvalue weighted by molar-refractivity contribution is 6.04. The van der Waals surface area contributed by atoms with Crippen LogP contribution in [0.4, 0.5) is 5.69 Å². The smallest absolute Gasteiger partial charge is 0.257 e. The molecule has 5 heteroatoms. The number of carbonyl (C=O) groups is 1. The molecule has 0 atom stereocenters. The Morgan fingerprint density at radius 2 is 2.20 bits per heavy atom. The molecule has 1 heterocycles. The van der Waals surface area contributed by atoms with Gasteiger partial charge in [0.2, 0.25) is 0 Å². The summed E-state index contributed by atoms with van der Waals surface area (Å²) in [4.78, 5) is 11.9. The highest BCUT2D eigenvalue weighted by Gasteiger charge is 2.06. The standard InChI is InChI=1S/C15H13N3O2/c1-11-9-14(5-4-12(11)3-2-8-19)18-15(20)13-6-7-16-17-10-13/h4-7,9-10,19H,8H2,1H3,(H,18,20). The molecule has 0 fully saturated rings. The lowest BCUT2D eigenvalue weighted by molar-refractivity contribution is 0.102. The Labute approximate surface area is 116 Å². The van der Waals surface area contributed by atoms with Gasteiger partial charge in [-0.05, 0) is 36.8 Å². The zero-order valence-corrected chi connectivity index (χ0v) is 10.9. The maximum absolute atomic E-state index is 11.9. The van der Waals surface area contributed by atoms with E-state index in [0.717, 1.165) is 11.1 Å². The zero-order valence-electron chi connectivity index (χ0n) is 10.9. The van der Waals surface area contributed by atoms with E-state index in [-0.39, 0.29) is 12.5 Å². The second-order valence-corrected chi connectivity index (χ2v) is 4.07. The van der Waals surface area contributed by atoms with Crippen molar-refractivity contribution in [2.45, 2.75) is 6.92 Å². The molecule has 1 aromatic heterocycles. The molecular formula is C15H13N3O2. The molecule has 0 aliphatic carbocycles. The van der Waals surface area contributed by atoms with Crippen molar-refractivity contribution in [3.63, 3.8) is 0 Å². The molecule has 0 saturated carbocycles. The highest BCUT2D eigenvalue weighted by Crippen LogP contribution is 2.15. The van der Waals surface area contributed by atoms with Crippen molar-refractivity contribution >= 4 is 11.6 Å². The van der Waals surface area contributed by atoms with Crippen molar-refractivity contribution in [2.75, 3.05) is 11.9 Å². The minimum atomic E-state index is -0.242. The van der Waals surface area contributed by atoms with Gasteiger partial charge in [0.15, 0.2) is 0 Å². The zero-order chi connectivity index (χ0) is 14.4. The summed E-state index contributed by atoms with van der Waals surface area (Å²) in [6, 6.07) is 6.99. The molecule has 1 amide bonds. The van der Waals surface area contributed by atoms with Crippen LogP contribution in [0.5, 0.6) is 0 Å². The maximum atomic E-state index is 11.9. The van der Waals surface area contributed by atoms with E-state index in [4.69, 9.17) is 5.11 Å². The second kappa shape index (κ2) is 6.45. The van der Waals surface area contributed by atoms with Crippen molar-refractivity contribution in [3.05, 3.63) is 53.3 Å². The largest absolute Gasteiger partial charge is 0.384 e. The van der Waals surface area contributed by atoms with Crippen LogP contribution in [0.25, 0.3) is 0 Å². The van der Waals surface area contributed by atoms with E-state index in [2.05, 4.69) is 27.4 Å². The minimum Gasteiger partial charge on any atom is -0.384 e. The normalized spacial score (nSPS) is 9.50. The molecule has 0 aliphatic heterocycles.